The number of nitrogens with one attached hydrogen (secondary N) is 1. The number of hydrogen-bond acceptors (Lipinski definition) is 1. The van der Waals surface area contributed by atoms with Crippen molar-refractivity contribution in [2.24, 2.45) is 0 Å². The van der Waals surface area contributed by atoms with Crippen molar-refractivity contribution < 1.29 is 4.90 Å². The van der Waals surface area contributed by atoms with E-state index >= 15 is 0 Å². The van der Waals surface area contributed by atoms with Crippen LogP contribution in [0.25, 0.3) is 0 Å². The van der Waals surface area contributed by atoms with Crippen LogP contribution in [0.4, 0.5) is 0 Å². The van der Waals surface area contributed by atoms with Crippen LogP contribution in [0, 0.1) is 0 Å². The predicted molar refractivity (Wildman–Crippen MR) is 43.1 cm³/mol. The van der Waals surface area contributed by atoms with Gasteiger partial charge in [0.1, 0.15) is 6.67 Å². The minimum atomic E-state index is 1.26. The van der Waals surface area contributed by atoms with Gasteiger partial charge in [0.05, 0.1) is 20.1 Å². The normalized spacial score (nSPS) is 27.6. The zero-order valence-corrected chi connectivity index (χ0v) is 7.19. The molecule has 1 N–H and O–H groups in total. The summed E-state index contributed by atoms with van der Waals surface area (Å²) in [7, 11) is 2.27. The molecule has 2 nitrogen and oxygen atoms in total. The van der Waals surface area contributed by atoms with Crippen LogP contribution in [-0.2, 0) is 0 Å². The lowest BCUT2D eigenvalue weighted by Crippen LogP contribution is -3.07. The van der Waals surface area contributed by atoms with Crippen molar-refractivity contribution in [2.45, 2.75) is 19.8 Å². The zero-order chi connectivity index (χ0) is 7.40. The van der Waals surface area contributed by atoms with Crippen LogP contribution in [0.5, 0.6) is 0 Å². The highest BCUT2D eigenvalue weighted by Crippen LogP contribution is 1.93. The summed E-state index contributed by atoms with van der Waals surface area (Å²) in [4.78, 5) is 4.22. The number of likely N-dealkylation sites (N-methyl/N-ethyl adjacent to an activating group) is 1. The lowest BCUT2D eigenvalue weighted by Gasteiger charge is -2.10. The van der Waals surface area contributed by atoms with Crippen LogP contribution in [0.15, 0.2) is 0 Å². The molecule has 0 aromatic rings. The molecule has 1 fully saturated rings. The molecule has 1 rings (SSSR count). The molecule has 1 heterocycles. The number of rotatable bonds is 3. The van der Waals surface area contributed by atoms with E-state index in [1.165, 1.54) is 39.1 Å². The summed E-state index contributed by atoms with van der Waals surface area (Å²) in [6.45, 7) is 7.48. The number of hydrogen-bond donors (Lipinski definition) is 1. The van der Waals surface area contributed by atoms with Gasteiger partial charge in [0.15, 0.2) is 0 Å². The molecular formula is C8H19N2+. The largest absolute Gasteiger partial charge is 0.324 e. The lowest BCUT2D eigenvalue weighted by atomic mass is 10.3. The fourth-order valence-corrected chi connectivity index (χ4v) is 1.46. The molecule has 1 unspecified atom stereocenters. The average Bonchev–Trinajstić information content (AvgIpc) is 2.31. The Bertz CT molecular complexity index is 93.3. The fourth-order valence-electron chi connectivity index (χ4n) is 1.46. The molecule has 1 atom stereocenters. The van der Waals surface area contributed by atoms with Crippen LogP contribution in [-0.4, -0.2) is 38.3 Å². The molecule has 1 aliphatic rings. The Morgan fingerprint density at radius 2 is 2.30 bits per heavy atom. The second-order valence-electron chi connectivity index (χ2n) is 3.34. The summed E-state index contributed by atoms with van der Waals surface area (Å²) >= 11 is 0. The first-order valence-electron chi connectivity index (χ1n) is 4.36. The monoisotopic (exact) mass is 143 g/mol. The van der Waals surface area contributed by atoms with Gasteiger partial charge in [-0.05, 0) is 6.42 Å². The predicted octanol–water partition coefficient (Wildman–Crippen LogP) is -0.426. The molecule has 2 heteroatoms. The SMILES string of the molecule is CCCCN1CC[NH+](C)C1. The number of unbranched alkanes of at least 4 members (excludes halogenated alkanes) is 1. The number of nitrogens with zero attached hydrogens (tertiary/aromatic N) is 1. The molecule has 0 radical (unpaired) electrons. The van der Waals surface area contributed by atoms with E-state index in [0.717, 1.165) is 0 Å². The average molecular weight is 143 g/mol. The summed E-state index contributed by atoms with van der Waals surface area (Å²) in [5.41, 5.74) is 0. The highest BCUT2D eigenvalue weighted by atomic mass is 15.4. The van der Waals surface area contributed by atoms with Gasteiger partial charge in [0.2, 0.25) is 0 Å². The molecule has 0 bridgehead atoms. The van der Waals surface area contributed by atoms with Gasteiger partial charge in [-0.25, -0.2) is 0 Å². The Morgan fingerprint density at radius 1 is 1.50 bits per heavy atom. The van der Waals surface area contributed by atoms with Crippen molar-refractivity contribution in [1.82, 2.24) is 4.90 Å². The molecule has 10 heavy (non-hydrogen) atoms. The van der Waals surface area contributed by atoms with Gasteiger partial charge < -0.3 is 4.90 Å². The Morgan fingerprint density at radius 3 is 2.80 bits per heavy atom. The molecule has 0 aromatic carbocycles. The maximum Gasteiger partial charge on any atom is 0.133 e. The van der Waals surface area contributed by atoms with Crippen LogP contribution in [0.3, 0.4) is 0 Å². The molecule has 0 aliphatic carbocycles. The first-order valence-corrected chi connectivity index (χ1v) is 4.36. The Balaban J connectivity index is 2.06. The summed E-state index contributed by atoms with van der Waals surface area (Å²) in [6, 6.07) is 0. The third-order valence-corrected chi connectivity index (χ3v) is 2.18. The van der Waals surface area contributed by atoms with E-state index in [1.54, 1.807) is 4.90 Å². The fraction of sp³-hybridized carbons (Fsp3) is 1.00. The van der Waals surface area contributed by atoms with Crippen molar-refractivity contribution in [1.29, 1.82) is 0 Å². The summed E-state index contributed by atoms with van der Waals surface area (Å²) in [6.07, 6.45) is 2.70. The van der Waals surface area contributed by atoms with Crippen LogP contribution >= 0.6 is 0 Å². The van der Waals surface area contributed by atoms with E-state index in [9.17, 15) is 0 Å². The van der Waals surface area contributed by atoms with Crippen LogP contribution in [0.2, 0.25) is 0 Å². The minimum Gasteiger partial charge on any atom is -0.324 e. The lowest BCUT2D eigenvalue weighted by molar-refractivity contribution is -0.871. The van der Waals surface area contributed by atoms with Crippen molar-refractivity contribution >= 4 is 0 Å². The third kappa shape index (κ3) is 2.27. The van der Waals surface area contributed by atoms with E-state index in [2.05, 4.69) is 18.9 Å². The van der Waals surface area contributed by atoms with Gasteiger partial charge in [-0.3, -0.25) is 4.90 Å². The smallest absolute Gasteiger partial charge is 0.133 e. The standard InChI is InChI=1S/C8H18N2/c1-3-4-5-10-7-6-9(2)8-10/h3-8H2,1-2H3/p+1. The topological polar surface area (TPSA) is 7.68 Å². The van der Waals surface area contributed by atoms with E-state index in [0.29, 0.717) is 0 Å². The summed E-state index contributed by atoms with van der Waals surface area (Å²) in [5, 5.41) is 0. The molecule has 0 saturated carbocycles. The maximum absolute atomic E-state index is 2.55. The first kappa shape index (κ1) is 8.02. The maximum atomic E-state index is 2.55. The van der Waals surface area contributed by atoms with Gasteiger partial charge >= 0.3 is 0 Å². The highest BCUT2D eigenvalue weighted by Gasteiger charge is 2.18. The van der Waals surface area contributed by atoms with Crippen LogP contribution in [0.1, 0.15) is 19.8 Å². The quantitative estimate of drug-likeness (QED) is 0.563. The molecule has 0 aromatic heterocycles. The Kier molecular flexibility index (Phi) is 3.16. The third-order valence-electron chi connectivity index (χ3n) is 2.18. The molecule has 1 aliphatic heterocycles. The zero-order valence-electron chi connectivity index (χ0n) is 7.19. The highest BCUT2D eigenvalue weighted by molar-refractivity contribution is 4.55. The molecule has 0 amide bonds. The van der Waals surface area contributed by atoms with Gasteiger partial charge in [0.25, 0.3) is 0 Å². The Labute approximate surface area is 63.8 Å². The van der Waals surface area contributed by atoms with E-state index in [-0.39, 0.29) is 0 Å². The minimum absolute atomic E-state index is 1.26. The first-order chi connectivity index (χ1) is 4.83. The summed E-state index contributed by atoms with van der Waals surface area (Å²) in [5.74, 6) is 0. The van der Waals surface area contributed by atoms with Gasteiger partial charge in [0, 0.05) is 6.54 Å². The van der Waals surface area contributed by atoms with E-state index < -0.39 is 0 Å². The molecule has 1 saturated heterocycles. The second-order valence-corrected chi connectivity index (χ2v) is 3.34. The van der Waals surface area contributed by atoms with E-state index in [4.69, 9.17) is 0 Å². The van der Waals surface area contributed by atoms with E-state index in [1.807, 2.05) is 0 Å². The second kappa shape index (κ2) is 3.94. The number of quaternary nitrogens is 1. The van der Waals surface area contributed by atoms with Gasteiger partial charge in [-0.2, -0.15) is 0 Å². The van der Waals surface area contributed by atoms with Gasteiger partial charge in [-0.1, -0.05) is 13.3 Å². The van der Waals surface area contributed by atoms with Crippen molar-refractivity contribution in [3.05, 3.63) is 0 Å². The molecular weight excluding hydrogens is 124 g/mol. The Hall–Kier alpha value is -0.0800. The molecule has 60 valence electrons. The van der Waals surface area contributed by atoms with Crippen molar-refractivity contribution in [3.8, 4) is 0 Å². The van der Waals surface area contributed by atoms with Crippen molar-refractivity contribution in [3.63, 3.8) is 0 Å². The van der Waals surface area contributed by atoms with Crippen LogP contribution < -0.4 is 4.90 Å². The van der Waals surface area contributed by atoms with Gasteiger partial charge in [-0.15, -0.1) is 0 Å². The summed E-state index contributed by atoms with van der Waals surface area (Å²) < 4.78 is 0. The molecule has 0 spiro atoms. The van der Waals surface area contributed by atoms with Crippen molar-refractivity contribution in [2.75, 3.05) is 33.4 Å².